The van der Waals surface area contributed by atoms with Gasteiger partial charge in [-0.1, -0.05) is 18.2 Å². The molecule has 1 aromatic carbocycles. The van der Waals surface area contributed by atoms with Gasteiger partial charge in [0, 0.05) is 31.6 Å². The van der Waals surface area contributed by atoms with Crippen LogP contribution in [0.5, 0.6) is 5.75 Å². The van der Waals surface area contributed by atoms with Crippen LogP contribution >= 0.6 is 0 Å². The smallest absolute Gasteiger partial charge is 0.241 e. The normalized spacial score (nSPS) is 30.1. The maximum absolute atomic E-state index is 12.9. The molecule has 3 atom stereocenters. The van der Waals surface area contributed by atoms with Crippen molar-refractivity contribution in [3.8, 4) is 5.75 Å². The van der Waals surface area contributed by atoms with Crippen LogP contribution in [0.1, 0.15) is 19.3 Å². The van der Waals surface area contributed by atoms with Gasteiger partial charge in [0.05, 0.1) is 6.61 Å². The molecule has 3 unspecified atom stereocenters. The number of piperidine rings is 2. The number of hydrogen-bond donors (Lipinski definition) is 3. The Kier molecular flexibility index (Phi) is 5.20. The van der Waals surface area contributed by atoms with Crippen LogP contribution in [0.3, 0.4) is 0 Å². The lowest BCUT2D eigenvalue weighted by Crippen LogP contribution is -2.52. The highest BCUT2D eigenvalue weighted by Gasteiger charge is 2.43. The Morgan fingerprint density at radius 3 is 2.72 bits per heavy atom. The third kappa shape index (κ3) is 3.81. The van der Waals surface area contributed by atoms with Gasteiger partial charge >= 0.3 is 0 Å². The number of ether oxygens (including phenoxy) is 1. The lowest BCUT2D eigenvalue weighted by molar-refractivity contribution is -0.135. The van der Waals surface area contributed by atoms with Gasteiger partial charge in [0.2, 0.25) is 5.91 Å². The van der Waals surface area contributed by atoms with Gasteiger partial charge in [-0.05, 0) is 43.9 Å². The van der Waals surface area contributed by atoms with Gasteiger partial charge in [-0.25, -0.2) is 5.43 Å². The summed E-state index contributed by atoms with van der Waals surface area (Å²) in [5.74, 6) is 2.08. The molecule has 0 radical (unpaired) electrons. The number of fused-ring (bicyclic) bond motifs is 1. The molecule has 3 aliphatic rings. The summed E-state index contributed by atoms with van der Waals surface area (Å²) in [5.41, 5.74) is 6.57. The van der Waals surface area contributed by atoms with Crippen LogP contribution in [0.25, 0.3) is 0 Å². The molecule has 0 bridgehead atoms. The van der Waals surface area contributed by atoms with Crippen molar-refractivity contribution >= 4 is 5.91 Å². The van der Waals surface area contributed by atoms with E-state index in [2.05, 4.69) is 16.2 Å². The van der Waals surface area contributed by atoms with Crippen molar-refractivity contribution in [2.75, 3.05) is 32.8 Å². The van der Waals surface area contributed by atoms with Gasteiger partial charge in [0.15, 0.2) is 0 Å². The Balaban J connectivity index is 1.25. The molecule has 4 rings (SSSR count). The fourth-order valence-corrected chi connectivity index (χ4v) is 4.21. The average molecular weight is 344 g/mol. The number of rotatable bonds is 4. The number of hydrazine groups is 1. The van der Waals surface area contributed by atoms with E-state index in [4.69, 9.17) is 4.74 Å². The van der Waals surface area contributed by atoms with Crippen molar-refractivity contribution in [3.63, 3.8) is 0 Å². The highest BCUT2D eigenvalue weighted by Crippen LogP contribution is 2.24. The van der Waals surface area contributed by atoms with E-state index in [0.29, 0.717) is 17.9 Å². The number of carbonyl (C=O) groups is 1. The van der Waals surface area contributed by atoms with Crippen LogP contribution < -0.4 is 20.9 Å². The van der Waals surface area contributed by atoms with E-state index in [1.54, 1.807) is 0 Å². The van der Waals surface area contributed by atoms with Crippen LogP contribution in [-0.4, -0.2) is 55.7 Å². The Morgan fingerprint density at radius 2 is 1.92 bits per heavy atom. The number of nitrogens with one attached hydrogen (secondary N) is 3. The first-order valence-electron chi connectivity index (χ1n) is 9.49. The molecule has 1 aromatic rings. The lowest BCUT2D eigenvalue weighted by Gasteiger charge is -2.35. The molecule has 0 spiro atoms. The van der Waals surface area contributed by atoms with Crippen LogP contribution in [0.15, 0.2) is 30.3 Å². The van der Waals surface area contributed by atoms with Crippen molar-refractivity contribution in [1.29, 1.82) is 0 Å². The van der Waals surface area contributed by atoms with E-state index < -0.39 is 0 Å². The maximum atomic E-state index is 12.9. The number of amides is 1. The molecule has 1 amide bonds. The van der Waals surface area contributed by atoms with Crippen molar-refractivity contribution in [2.45, 2.75) is 31.3 Å². The quantitative estimate of drug-likeness (QED) is 0.753. The van der Waals surface area contributed by atoms with Crippen LogP contribution in [0.2, 0.25) is 0 Å². The number of para-hydroxylation sites is 1. The highest BCUT2D eigenvalue weighted by molar-refractivity contribution is 5.82. The van der Waals surface area contributed by atoms with E-state index in [1.807, 2.05) is 35.2 Å². The number of hydrogen-bond acceptors (Lipinski definition) is 5. The minimum absolute atomic E-state index is 0.0880. The fourth-order valence-electron chi connectivity index (χ4n) is 4.21. The molecule has 0 aliphatic carbocycles. The highest BCUT2D eigenvalue weighted by atomic mass is 16.5. The zero-order chi connectivity index (χ0) is 17.1. The van der Waals surface area contributed by atoms with E-state index in [0.717, 1.165) is 57.8 Å². The molecule has 3 saturated heterocycles. The molecule has 0 saturated carbocycles. The van der Waals surface area contributed by atoms with Crippen molar-refractivity contribution < 1.29 is 9.53 Å². The third-order valence-electron chi connectivity index (χ3n) is 5.80. The Bertz CT molecular complexity index is 574. The van der Waals surface area contributed by atoms with E-state index >= 15 is 0 Å². The summed E-state index contributed by atoms with van der Waals surface area (Å²) in [6.07, 6.45) is 3.12. The monoisotopic (exact) mass is 344 g/mol. The minimum atomic E-state index is -0.0880. The fraction of sp³-hybridized carbons (Fsp3) is 0.632. The Morgan fingerprint density at radius 1 is 1.12 bits per heavy atom. The largest absolute Gasteiger partial charge is 0.493 e. The SMILES string of the molecule is O=C(C1NNC2CCNCC21)N1CCC(COc2ccccc2)CC1. The van der Waals surface area contributed by atoms with E-state index in [1.165, 1.54) is 0 Å². The van der Waals surface area contributed by atoms with E-state index in [-0.39, 0.29) is 11.9 Å². The first-order chi connectivity index (χ1) is 12.3. The maximum Gasteiger partial charge on any atom is 0.241 e. The number of likely N-dealkylation sites (tertiary alicyclic amines) is 1. The molecule has 6 nitrogen and oxygen atoms in total. The standard InChI is InChI=1S/C19H28N4O2/c24-19(18-16-12-20-9-6-17(16)21-22-18)23-10-7-14(8-11-23)13-25-15-4-2-1-3-5-15/h1-5,14,16-18,20-22H,6-13H2. The molecule has 25 heavy (non-hydrogen) atoms. The molecule has 136 valence electrons. The van der Waals surface area contributed by atoms with Gasteiger partial charge in [-0.3, -0.25) is 10.2 Å². The van der Waals surface area contributed by atoms with Gasteiger partial charge in [0.1, 0.15) is 11.8 Å². The molecule has 6 heteroatoms. The molecular formula is C19H28N4O2. The predicted molar refractivity (Wildman–Crippen MR) is 96.1 cm³/mol. The van der Waals surface area contributed by atoms with E-state index in [9.17, 15) is 4.79 Å². The molecular weight excluding hydrogens is 316 g/mol. The Labute approximate surface area is 149 Å². The molecule has 3 heterocycles. The van der Waals surface area contributed by atoms with Crippen LogP contribution in [0, 0.1) is 11.8 Å². The zero-order valence-corrected chi connectivity index (χ0v) is 14.6. The van der Waals surface area contributed by atoms with Crippen molar-refractivity contribution in [2.24, 2.45) is 11.8 Å². The summed E-state index contributed by atoms with van der Waals surface area (Å²) in [6.45, 7) is 4.37. The summed E-state index contributed by atoms with van der Waals surface area (Å²) < 4.78 is 5.88. The molecule has 0 aromatic heterocycles. The lowest BCUT2D eigenvalue weighted by atomic mass is 9.88. The first kappa shape index (κ1) is 16.8. The van der Waals surface area contributed by atoms with Crippen molar-refractivity contribution in [1.82, 2.24) is 21.1 Å². The first-order valence-corrected chi connectivity index (χ1v) is 9.49. The molecule has 3 fully saturated rings. The second-order valence-corrected chi connectivity index (χ2v) is 7.42. The topological polar surface area (TPSA) is 65.6 Å². The van der Waals surface area contributed by atoms with Gasteiger partial charge in [-0.2, -0.15) is 0 Å². The summed E-state index contributed by atoms with van der Waals surface area (Å²) in [7, 11) is 0. The summed E-state index contributed by atoms with van der Waals surface area (Å²) in [5, 5.41) is 3.42. The third-order valence-corrected chi connectivity index (χ3v) is 5.80. The summed E-state index contributed by atoms with van der Waals surface area (Å²) in [6, 6.07) is 10.3. The van der Waals surface area contributed by atoms with Gasteiger partial charge < -0.3 is 15.0 Å². The Hall–Kier alpha value is -1.63. The van der Waals surface area contributed by atoms with Crippen molar-refractivity contribution in [3.05, 3.63) is 30.3 Å². The zero-order valence-electron chi connectivity index (χ0n) is 14.6. The van der Waals surface area contributed by atoms with Gasteiger partial charge in [0.25, 0.3) is 0 Å². The average Bonchev–Trinajstić information content (AvgIpc) is 3.11. The molecule has 3 N–H and O–H groups in total. The van der Waals surface area contributed by atoms with Crippen LogP contribution in [0.4, 0.5) is 0 Å². The summed E-state index contributed by atoms with van der Waals surface area (Å²) >= 11 is 0. The number of carbonyl (C=O) groups excluding carboxylic acids is 1. The van der Waals surface area contributed by atoms with Gasteiger partial charge in [-0.15, -0.1) is 0 Å². The van der Waals surface area contributed by atoms with Crippen LogP contribution in [-0.2, 0) is 4.79 Å². The predicted octanol–water partition coefficient (Wildman–Crippen LogP) is 0.759. The number of benzene rings is 1. The minimum Gasteiger partial charge on any atom is -0.493 e. The molecule has 3 aliphatic heterocycles. The second kappa shape index (κ2) is 7.72. The second-order valence-electron chi connectivity index (χ2n) is 7.42. The number of nitrogens with zero attached hydrogens (tertiary/aromatic N) is 1. The summed E-state index contributed by atoms with van der Waals surface area (Å²) in [4.78, 5) is 14.9.